The van der Waals surface area contributed by atoms with E-state index in [1.807, 2.05) is 11.9 Å². The smallest absolute Gasteiger partial charge is 0.376 e. The summed E-state index contributed by atoms with van der Waals surface area (Å²) in [5.74, 6) is 0.119. The molecule has 0 radical (unpaired) electrons. The molecule has 0 atom stereocenters. The van der Waals surface area contributed by atoms with E-state index in [0.717, 1.165) is 4.57 Å². The van der Waals surface area contributed by atoms with Crippen molar-refractivity contribution in [3.05, 3.63) is 62.9 Å². The van der Waals surface area contributed by atoms with Crippen LogP contribution in [0.3, 0.4) is 0 Å². The van der Waals surface area contributed by atoms with E-state index in [9.17, 15) is 18.0 Å². The molecule has 27 heavy (non-hydrogen) atoms. The van der Waals surface area contributed by atoms with Crippen LogP contribution in [0.2, 0.25) is 5.02 Å². The maximum absolute atomic E-state index is 12.9. The number of hydrogen-bond acceptors (Lipinski definition) is 3. The van der Waals surface area contributed by atoms with Gasteiger partial charge in [0.25, 0.3) is 0 Å². The van der Waals surface area contributed by atoms with Gasteiger partial charge in [-0.05, 0) is 24.3 Å². The first kappa shape index (κ1) is 19.6. The average Bonchev–Trinajstić information content (AvgIpc) is 2.76. The molecule has 144 valence electrons. The number of benzene rings is 1. The maximum Gasteiger partial charge on any atom is 0.408 e. The summed E-state index contributed by atoms with van der Waals surface area (Å²) in [4.78, 5) is 14.5. The zero-order valence-corrected chi connectivity index (χ0v) is 15.7. The highest BCUT2D eigenvalue weighted by molar-refractivity contribution is 6.30. The standard InChI is InChI=1S/C17H15Cl2F3N4O/c1-24-7-6-11(8-13(19)9-24)15-23-25(10-17(20,21)22)16(27)26(15)14-4-2-12(18)3-5-14/h2-6,9H,7-8,10H2,1H3. The van der Waals surface area contributed by atoms with Gasteiger partial charge in [-0.25, -0.2) is 14.0 Å². The van der Waals surface area contributed by atoms with Crippen molar-refractivity contribution in [2.45, 2.75) is 19.1 Å². The van der Waals surface area contributed by atoms with Crippen molar-refractivity contribution in [2.75, 3.05) is 13.6 Å². The highest BCUT2D eigenvalue weighted by Gasteiger charge is 2.31. The number of hydrogen-bond donors (Lipinski definition) is 0. The number of rotatable bonds is 3. The summed E-state index contributed by atoms with van der Waals surface area (Å²) in [5, 5.41) is 4.89. The molecule has 5 nitrogen and oxygen atoms in total. The Hall–Kier alpha value is -2.19. The maximum atomic E-state index is 12.9. The van der Waals surface area contributed by atoms with Crippen LogP contribution in [0, 0.1) is 0 Å². The van der Waals surface area contributed by atoms with Crippen LogP contribution < -0.4 is 5.69 Å². The van der Waals surface area contributed by atoms with Gasteiger partial charge in [0.15, 0.2) is 5.82 Å². The van der Waals surface area contributed by atoms with Gasteiger partial charge in [0.1, 0.15) is 6.54 Å². The van der Waals surface area contributed by atoms with E-state index in [1.165, 1.54) is 0 Å². The molecule has 0 N–H and O–H groups in total. The molecule has 1 aliphatic heterocycles. The number of alkyl halides is 3. The third-order valence-electron chi connectivity index (χ3n) is 3.89. The summed E-state index contributed by atoms with van der Waals surface area (Å²) in [5.41, 5.74) is 0.0447. The van der Waals surface area contributed by atoms with Gasteiger partial charge in [-0.15, -0.1) is 5.10 Å². The second kappa shape index (κ2) is 7.44. The van der Waals surface area contributed by atoms with Crippen molar-refractivity contribution in [3.8, 4) is 5.69 Å². The van der Waals surface area contributed by atoms with Gasteiger partial charge < -0.3 is 4.90 Å². The lowest BCUT2D eigenvalue weighted by molar-refractivity contribution is -0.143. The summed E-state index contributed by atoms with van der Waals surface area (Å²) in [6, 6.07) is 6.20. The molecule has 0 unspecified atom stereocenters. The Morgan fingerprint density at radius 1 is 1.19 bits per heavy atom. The highest BCUT2D eigenvalue weighted by atomic mass is 35.5. The van der Waals surface area contributed by atoms with Crippen molar-refractivity contribution >= 4 is 28.8 Å². The van der Waals surface area contributed by atoms with Gasteiger partial charge in [-0.3, -0.25) is 0 Å². The van der Waals surface area contributed by atoms with Gasteiger partial charge in [0, 0.05) is 41.8 Å². The molecule has 0 bridgehead atoms. The summed E-state index contributed by atoms with van der Waals surface area (Å²) >= 11 is 12.1. The van der Waals surface area contributed by atoms with E-state index in [4.69, 9.17) is 23.2 Å². The molecule has 0 saturated heterocycles. The molecule has 1 aromatic heterocycles. The monoisotopic (exact) mass is 418 g/mol. The predicted molar refractivity (Wildman–Crippen MR) is 98.0 cm³/mol. The number of aromatic nitrogens is 3. The van der Waals surface area contributed by atoms with Crippen molar-refractivity contribution in [1.29, 1.82) is 0 Å². The molecular formula is C17H15Cl2F3N4O. The van der Waals surface area contributed by atoms with Crippen LogP contribution in [-0.2, 0) is 6.54 Å². The summed E-state index contributed by atoms with van der Waals surface area (Å²) in [7, 11) is 1.82. The Bertz CT molecular complexity index is 958. The summed E-state index contributed by atoms with van der Waals surface area (Å²) in [6.45, 7) is -0.997. The minimum absolute atomic E-state index is 0.119. The van der Waals surface area contributed by atoms with E-state index in [0.29, 0.717) is 32.5 Å². The van der Waals surface area contributed by atoms with Gasteiger partial charge in [-0.2, -0.15) is 13.2 Å². The lowest BCUT2D eigenvalue weighted by Gasteiger charge is -2.09. The first-order chi connectivity index (χ1) is 12.6. The fraction of sp³-hybridized carbons (Fsp3) is 0.294. The predicted octanol–water partition coefficient (Wildman–Crippen LogP) is 4.05. The third kappa shape index (κ3) is 4.56. The second-order valence-corrected chi connectivity index (χ2v) is 7.03. The molecule has 1 aromatic carbocycles. The van der Waals surface area contributed by atoms with E-state index >= 15 is 0 Å². The summed E-state index contributed by atoms with van der Waals surface area (Å²) < 4.78 is 40.1. The molecule has 2 heterocycles. The molecule has 1 aliphatic rings. The minimum atomic E-state index is -4.57. The molecule has 2 aromatic rings. The van der Waals surface area contributed by atoms with Crippen LogP contribution in [-0.4, -0.2) is 39.0 Å². The average molecular weight is 419 g/mol. The van der Waals surface area contributed by atoms with Crippen molar-refractivity contribution in [3.63, 3.8) is 0 Å². The fourth-order valence-electron chi connectivity index (χ4n) is 2.73. The molecule has 0 spiro atoms. The van der Waals surface area contributed by atoms with Crippen LogP contribution in [0.1, 0.15) is 12.2 Å². The van der Waals surface area contributed by atoms with E-state index < -0.39 is 18.4 Å². The van der Waals surface area contributed by atoms with E-state index in [-0.39, 0.29) is 12.2 Å². The topological polar surface area (TPSA) is 43.1 Å². The first-order valence-corrected chi connectivity index (χ1v) is 8.68. The van der Waals surface area contributed by atoms with Gasteiger partial charge in [0.2, 0.25) is 0 Å². The minimum Gasteiger partial charge on any atom is -0.376 e. The Balaban J connectivity index is 2.17. The lowest BCUT2D eigenvalue weighted by atomic mass is 10.1. The zero-order valence-electron chi connectivity index (χ0n) is 14.2. The number of likely N-dealkylation sites (N-methyl/N-ethyl adjacent to an activating group) is 1. The van der Waals surface area contributed by atoms with Gasteiger partial charge >= 0.3 is 11.9 Å². The van der Waals surface area contributed by atoms with Gasteiger partial charge in [-0.1, -0.05) is 29.3 Å². The third-order valence-corrected chi connectivity index (χ3v) is 4.37. The number of halogens is 5. The van der Waals surface area contributed by atoms with Crippen molar-refractivity contribution in [2.24, 2.45) is 0 Å². The molecule has 0 aliphatic carbocycles. The van der Waals surface area contributed by atoms with E-state index in [1.54, 1.807) is 36.5 Å². The fourth-order valence-corrected chi connectivity index (χ4v) is 3.16. The zero-order chi connectivity index (χ0) is 19.8. The number of nitrogens with zero attached hydrogens (tertiary/aromatic N) is 4. The highest BCUT2D eigenvalue weighted by Crippen LogP contribution is 2.27. The first-order valence-electron chi connectivity index (χ1n) is 7.92. The number of allylic oxidation sites excluding steroid dienone is 2. The quantitative estimate of drug-likeness (QED) is 0.754. The van der Waals surface area contributed by atoms with Crippen molar-refractivity contribution in [1.82, 2.24) is 19.2 Å². The molecule has 0 fully saturated rings. The Kier molecular flexibility index (Phi) is 5.39. The summed E-state index contributed by atoms with van der Waals surface area (Å²) in [6.07, 6.45) is -0.807. The van der Waals surface area contributed by atoms with Crippen LogP contribution in [0.25, 0.3) is 11.3 Å². The largest absolute Gasteiger partial charge is 0.408 e. The molecule has 0 saturated carbocycles. The lowest BCUT2D eigenvalue weighted by Crippen LogP contribution is -2.30. The molecule has 3 rings (SSSR count). The van der Waals surface area contributed by atoms with Crippen LogP contribution in [0.4, 0.5) is 13.2 Å². The van der Waals surface area contributed by atoms with Crippen LogP contribution in [0.5, 0.6) is 0 Å². The molecule has 10 heteroatoms. The van der Waals surface area contributed by atoms with Gasteiger partial charge in [0.05, 0.1) is 5.69 Å². The molecule has 0 amide bonds. The van der Waals surface area contributed by atoms with E-state index in [2.05, 4.69) is 5.10 Å². The molecular weight excluding hydrogens is 404 g/mol. The van der Waals surface area contributed by atoms with Crippen molar-refractivity contribution < 1.29 is 13.2 Å². The van der Waals surface area contributed by atoms with Crippen LogP contribution in [0.15, 0.2) is 46.4 Å². The SMILES string of the molecule is CN1C=C(Cl)CC(c2nn(CC(F)(F)F)c(=O)n2-c2ccc(Cl)cc2)=CC1. The van der Waals surface area contributed by atoms with Crippen LogP contribution >= 0.6 is 23.2 Å². The Labute approximate surface area is 162 Å². The Morgan fingerprint density at radius 3 is 2.48 bits per heavy atom. The Morgan fingerprint density at radius 2 is 1.85 bits per heavy atom. The second-order valence-electron chi connectivity index (χ2n) is 6.11. The normalized spacial score (nSPS) is 15.4.